The molecule has 3 aromatic rings. The fraction of sp³-hybridized carbons (Fsp3) is 0.0526. The van der Waals surface area contributed by atoms with E-state index in [1.54, 1.807) is 6.08 Å². The molecule has 0 aliphatic rings. The average Bonchev–Trinajstić information content (AvgIpc) is 2.95. The van der Waals surface area contributed by atoms with Crippen LogP contribution in [0.25, 0.3) is 17.3 Å². The van der Waals surface area contributed by atoms with Crippen LogP contribution in [0.4, 0.5) is 5.69 Å². The van der Waals surface area contributed by atoms with Gasteiger partial charge in [-0.3, -0.25) is 9.89 Å². The van der Waals surface area contributed by atoms with Crippen molar-refractivity contribution in [2.75, 3.05) is 5.32 Å². The van der Waals surface area contributed by atoms with E-state index >= 15 is 0 Å². The van der Waals surface area contributed by atoms with Gasteiger partial charge in [0.2, 0.25) is 5.91 Å². The first-order valence-electron chi connectivity index (χ1n) is 7.38. The van der Waals surface area contributed by atoms with E-state index in [-0.39, 0.29) is 5.91 Å². The van der Waals surface area contributed by atoms with E-state index < -0.39 is 0 Å². The number of carbonyl (C=O) groups is 1. The molecule has 0 radical (unpaired) electrons. The number of aryl methyl sites for hydroxylation is 1. The maximum Gasteiger partial charge on any atom is 0.248 e. The zero-order chi connectivity index (χ0) is 16.1. The summed E-state index contributed by atoms with van der Waals surface area (Å²) in [5, 5.41) is 10.1. The SMILES string of the molecule is Cc1[nH]nc(-c2ccccc2)c1NC(=O)C=Cc1ccccc1. The summed E-state index contributed by atoms with van der Waals surface area (Å²) in [6.45, 7) is 1.88. The van der Waals surface area contributed by atoms with E-state index in [0.29, 0.717) is 5.69 Å². The first-order chi connectivity index (χ1) is 11.2. The Kier molecular flexibility index (Phi) is 4.34. The summed E-state index contributed by atoms with van der Waals surface area (Å²) in [6, 6.07) is 19.5. The number of nitrogens with zero attached hydrogens (tertiary/aromatic N) is 1. The molecule has 0 bridgehead atoms. The Morgan fingerprint density at radius 1 is 1.04 bits per heavy atom. The minimum absolute atomic E-state index is 0.185. The monoisotopic (exact) mass is 303 g/mol. The van der Waals surface area contributed by atoms with Gasteiger partial charge in [0.05, 0.1) is 11.4 Å². The summed E-state index contributed by atoms with van der Waals surface area (Å²) >= 11 is 0. The fourth-order valence-corrected chi connectivity index (χ4v) is 2.29. The van der Waals surface area contributed by atoms with Gasteiger partial charge in [-0.2, -0.15) is 5.10 Å². The highest BCUT2D eigenvalue weighted by atomic mass is 16.1. The van der Waals surface area contributed by atoms with Crippen molar-refractivity contribution in [3.05, 3.63) is 78.0 Å². The van der Waals surface area contributed by atoms with E-state index in [0.717, 1.165) is 22.5 Å². The summed E-state index contributed by atoms with van der Waals surface area (Å²) in [6.07, 6.45) is 3.31. The van der Waals surface area contributed by atoms with Crippen LogP contribution in [0.1, 0.15) is 11.3 Å². The number of benzene rings is 2. The number of hydrogen-bond donors (Lipinski definition) is 2. The summed E-state index contributed by atoms with van der Waals surface area (Å²) in [4.78, 5) is 12.2. The molecule has 3 rings (SSSR count). The quantitative estimate of drug-likeness (QED) is 0.715. The van der Waals surface area contributed by atoms with Crippen molar-refractivity contribution in [1.29, 1.82) is 0 Å². The molecule has 4 nitrogen and oxygen atoms in total. The Balaban J connectivity index is 1.79. The van der Waals surface area contributed by atoms with Crippen molar-refractivity contribution in [1.82, 2.24) is 10.2 Å². The number of rotatable bonds is 4. The molecule has 1 heterocycles. The number of H-pyrrole nitrogens is 1. The lowest BCUT2D eigenvalue weighted by Gasteiger charge is -2.04. The second kappa shape index (κ2) is 6.75. The van der Waals surface area contributed by atoms with Gasteiger partial charge < -0.3 is 5.32 Å². The molecule has 1 amide bonds. The van der Waals surface area contributed by atoms with Crippen molar-refractivity contribution in [2.45, 2.75) is 6.92 Å². The highest BCUT2D eigenvalue weighted by molar-refractivity contribution is 6.04. The van der Waals surface area contributed by atoms with E-state index in [4.69, 9.17) is 0 Å². The van der Waals surface area contributed by atoms with Crippen LogP contribution in [0.5, 0.6) is 0 Å². The topological polar surface area (TPSA) is 57.8 Å². The van der Waals surface area contributed by atoms with Crippen molar-refractivity contribution < 1.29 is 4.79 Å². The second-order valence-corrected chi connectivity index (χ2v) is 5.17. The predicted molar refractivity (Wildman–Crippen MR) is 92.9 cm³/mol. The van der Waals surface area contributed by atoms with E-state index in [1.807, 2.05) is 67.6 Å². The lowest BCUT2D eigenvalue weighted by atomic mass is 10.1. The van der Waals surface area contributed by atoms with Gasteiger partial charge in [-0.25, -0.2) is 0 Å². The third-order valence-corrected chi connectivity index (χ3v) is 3.47. The van der Waals surface area contributed by atoms with Crippen molar-refractivity contribution >= 4 is 17.7 Å². The number of hydrogen-bond acceptors (Lipinski definition) is 2. The Bertz CT molecular complexity index is 820. The molecule has 0 unspecified atom stereocenters. The van der Waals surface area contributed by atoms with Gasteiger partial charge in [-0.1, -0.05) is 60.7 Å². The van der Waals surface area contributed by atoms with Crippen LogP contribution in [-0.2, 0) is 4.79 Å². The van der Waals surface area contributed by atoms with Gasteiger partial charge in [0.1, 0.15) is 5.69 Å². The van der Waals surface area contributed by atoms with Gasteiger partial charge in [0.15, 0.2) is 0 Å². The maximum absolute atomic E-state index is 12.2. The first kappa shape index (κ1) is 14.8. The normalized spacial score (nSPS) is 10.8. The third kappa shape index (κ3) is 3.55. The number of aromatic nitrogens is 2. The molecule has 114 valence electrons. The number of amides is 1. The Morgan fingerprint density at radius 3 is 2.39 bits per heavy atom. The molecule has 2 aromatic carbocycles. The van der Waals surface area contributed by atoms with Crippen molar-refractivity contribution in [3.8, 4) is 11.3 Å². The molecule has 2 N–H and O–H groups in total. The van der Waals surface area contributed by atoms with Gasteiger partial charge >= 0.3 is 0 Å². The van der Waals surface area contributed by atoms with Crippen LogP contribution in [-0.4, -0.2) is 16.1 Å². The lowest BCUT2D eigenvalue weighted by Crippen LogP contribution is -2.09. The van der Waals surface area contributed by atoms with Crippen LogP contribution < -0.4 is 5.32 Å². The maximum atomic E-state index is 12.2. The van der Waals surface area contributed by atoms with Gasteiger partial charge in [-0.15, -0.1) is 0 Å². The average molecular weight is 303 g/mol. The fourth-order valence-electron chi connectivity index (χ4n) is 2.29. The molecule has 0 aliphatic heterocycles. The molecule has 0 saturated carbocycles. The number of anilines is 1. The lowest BCUT2D eigenvalue weighted by molar-refractivity contribution is -0.111. The Labute approximate surface area is 134 Å². The Hall–Kier alpha value is -3.14. The molecule has 4 heteroatoms. The largest absolute Gasteiger partial charge is 0.319 e. The van der Waals surface area contributed by atoms with E-state index in [2.05, 4.69) is 15.5 Å². The van der Waals surface area contributed by atoms with Crippen LogP contribution >= 0.6 is 0 Å². The van der Waals surface area contributed by atoms with E-state index in [9.17, 15) is 4.79 Å². The van der Waals surface area contributed by atoms with Crippen LogP contribution in [0.3, 0.4) is 0 Å². The molecule has 0 fully saturated rings. The van der Waals surface area contributed by atoms with Crippen LogP contribution in [0.15, 0.2) is 66.7 Å². The Morgan fingerprint density at radius 2 is 1.70 bits per heavy atom. The van der Waals surface area contributed by atoms with Crippen LogP contribution in [0, 0.1) is 6.92 Å². The second-order valence-electron chi connectivity index (χ2n) is 5.17. The highest BCUT2D eigenvalue weighted by Gasteiger charge is 2.13. The molecule has 23 heavy (non-hydrogen) atoms. The van der Waals surface area contributed by atoms with Gasteiger partial charge in [0.25, 0.3) is 0 Å². The minimum Gasteiger partial charge on any atom is -0.319 e. The summed E-state index contributed by atoms with van der Waals surface area (Å²) in [5.41, 5.74) is 4.21. The van der Waals surface area contributed by atoms with Crippen LogP contribution in [0.2, 0.25) is 0 Å². The summed E-state index contributed by atoms with van der Waals surface area (Å²) in [7, 11) is 0. The third-order valence-electron chi connectivity index (χ3n) is 3.47. The molecule has 1 aromatic heterocycles. The van der Waals surface area contributed by atoms with Crippen molar-refractivity contribution in [2.24, 2.45) is 0 Å². The molecule has 0 atom stereocenters. The highest BCUT2D eigenvalue weighted by Crippen LogP contribution is 2.28. The standard InChI is InChI=1S/C19H17N3O/c1-14-18(19(22-21-14)16-10-6-3-7-11-16)20-17(23)13-12-15-8-4-2-5-9-15/h2-13H,1H3,(H,20,23)(H,21,22). The first-order valence-corrected chi connectivity index (χ1v) is 7.38. The smallest absolute Gasteiger partial charge is 0.248 e. The minimum atomic E-state index is -0.185. The van der Waals surface area contributed by atoms with Crippen molar-refractivity contribution in [3.63, 3.8) is 0 Å². The summed E-state index contributed by atoms with van der Waals surface area (Å²) in [5.74, 6) is -0.185. The molecule has 0 spiro atoms. The number of carbonyl (C=O) groups excluding carboxylic acids is 1. The number of nitrogens with one attached hydrogen (secondary N) is 2. The van der Waals surface area contributed by atoms with Gasteiger partial charge in [0, 0.05) is 11.6 Å². The zero-order valence-corrected chi connectivity index (χ0v) is 12.8. The van der Waals surface area contributed by atoms with E-state index in [1.165, 1.54) is 6.08 Å². The molecule has 0 saturated heterocycles. The molecular formula is C19H17N3O. The molecule has 0 aliphatic carbocycles. The number of aromatic amines is 1. The predicted octanol–water partition coefficient (Wildman–Crippen LogP) is 4.04. The summed E-state index contributed by atoms with van der Waals surface area (Å²) < 4.78 is 0. The molecular weight excluding hydrogens is 286 g/mol. The van der Waals surface area contributed by atoms with Gasteiger partial charge in [-0.05, 0) is 18.6 Å². The zero-order valence-electron chi connectivity index (χ0n) is 12.8.